The number of nitrogens with zero attached hydrogens (tertiary/aromatic N) is 2. The lowest BCUT2D eigenvalue weighted by Gasteiger charge is -2.26. The first kappa shape index (κ1) is 22.0. The van der Waals surface area contributed by atoms with Crippen molar-refractivity contribution in [2.45, 2.75) is 13.2 Å². The van der Waals surface area contributed by atoms with E-state index in [0.29, 0.717) is 5.69 Å². The molecular weight excluding hydrogens is 420 g/mol. The van der Waals surface area contributed by atoms with E-state index in [1.54, 1.807) is 12.1 Å². The summed E-state index contributed by atoms with van der Waals surface area (Å²) in [6.07, 6.45) is 2.02. The van der Waals surface area contributed by atoms with Crippen LogP contribution in [0.2, 0.25) is 0 Å². The van der Waals surface area contributed by atoms with Crippen LogP contribution in [0.3, 0.4) is 0 Å². The van der Waals surface area contributed by atoms with Crippen molar-refractivity contribution < 1.29 is 27.8 Å². The van der Waals surface area contributed by atoms with Gasteiger partial charge < -0.3 is 24.1 Å². The summed E-state index contributed by atoms with van der Waals surface area (Å²) < 4.78 is 42.9. The normalized spacial score (nSPS) is 14.6. The van der Waals surface area contributed by atoms with E-state index in [1.807, 2.05) is 24.4 Å². The molecule has 1 fully saturated rings. The van der Waals surface area contributed by atoms with Crippen molar-refractivity contribution in [3.05, 3.63) is 54.2 Å². The van der Waals surface area contributed by atoms with Gasteiger partial charge in [0.25, 0.3) is 5.91 Å². The Bertz CT molecular complexity index is 1080. The minimum Gasteiger partial charge on any atom is -0.493 e. The predicted octanol–water partition coefficient (Wildman–Crippen LogP) is 3.84. The van der Waals surface area contributed by atoms with E-state index in [9.17, 15) is 13.6 Å². The second kappa shape index (κ2) is 9.97. The van der Waals surface area contributed by atoms with Gasteiger partial charge in [0.15, 0.2) is 11.5 Å². The highest BCUT2D eigenvalue weighted by Gasteiger charge is 2.20. The summed E-state index contributed by atoms with van der Waals surface area (Å²) in [6.45, 7) is 2.14. The Balaban J connectivity index is 1.48. The van der Waals surface area contributed by atoms with Gasteiger partial charge in [-0.2, -0.15) is 8.78 Å². The van der Waals surface area contributed by atoms with Gasteiger partial charge in [-0.25, -0.2) is 0 Å². The highest BCUT2D eigenvalue weighted by Crippen LogP contribution is 2.33. The highest BCUT2D eigenvalue weighted by molar-refractivity contribution is 6.07. The highest BCUT2D eigenvalue weighted by atomic mass is 19.3. The molecule has 7 nitrogen and oxygen atoms in total. The maximum atomic E-state index is 12.8. The van der Waals surface area contributed by atoms with Gasteiger partial charge in [-0.15, -0.1) is 0 Å². The summed E-state index contributed by atoms with van der Waals surface area (Å²) in [5, 5.41) is 3.73. The van der Waals surface area contributed by atoms with Crippen molar-refractivity contribution >= 4 is 22.5 Å². The molecule has 170 valence electrons. The number of nitrogens with one attached hydrogen (secondary N) is 1. The zero-order valence-corrected chi connectivity index (χ0v) is 17.7. The SMILES string of the molecule is COc1cccc(C(=O)Nc2ccc3c(ccn3CCN3CCOCC3)c2)c1OC(F)F. The number of para-hydroxylation sites is 1. The summed E-state index contributed by atoms with van der Waals surface area (Å²) in [5.41, 5.74) is 1.58. The average molecular weight is 445 g/mol. The van der Waals surface area contributed by atoms with Gasteiger partial charge in [0.1, 0.15) is 0 Å². The van der Waals surface area contributed by atoms with Gasteiger partial charge in [0.2, 0.25) is 0 Å². The Hall–Kier alpha value is -3.17. The number of alkyl halides is 2. The van der Waals surface area contributed by atoms with Gasteiger partial charge in [-0.1, -0.05) is 6.07 Å². The first-order valence-electron chi connectivity index (χ1n) is 10.4. The molecule has 32 heavy (non-hydrogen) atoms. The van der Waals surface area contributed by atoms with Gasteiger partial charge in [0, 0.05) is 49.0 Å². The number of anilines is 1. The van der Waals surface area contributed by atoms with Crippen LogP contribution in [0, 0.1) is 0 Å². The summed E-state index contributed by atoms with van der Waals surface area (Å²) in [6, 6.07) is 12.0. The fourth-order valence-electron chi connectivity index (χ4n) is 3.81. The van der Waals surface area contributed by atoms with Crippen molar-refractivity contribution in [3.8, 4) is 11.5 Å². The molecule has 0 aliphatic carbocycles. The second-order valence-corrected chi connectivity index (χ2v) is 7.41. The van der Waals surface area contributed by atoms with E-state index in [0.717, 1.165) is 50.3 Å². The number of carbonyl (C=O) groups excluding carboxylic acids is 1. The van der Waals surface area contributed by atoms with Crippen LogP contribution < -0.4 is 14.8 Å². The molecule has 0 radical (unpaired) electrons. The molecule has 3 aromatic rings. The molecule has 9 heteroatoms. The van der Waals surface area contributed by atoms with E-state index >= 15 is 0 Å². The Morgan fingerprint density at radius 3 is 2.72 bits per heavy atom. The molecule has 0 bridgehead atoms. The number of fused-ring (bicyclic) bond motifs is 1. The molecule has 2 aromatic carbocycles. The summed E-state index contributed by atoms with van der Waals surface area (Å²) in [5.74, 6) is -0.797. The van der Waals surface area contributed by atoms with Gasteiger partial charge in [0.05, 0.1) is 25.9 Å². The van der Waals surface area contributed by atoms with Crippen molar-refractivity contribution in [3.63, 3.8) is 0 Å². The molecule has 4 rings (SSSR count). The molecule has 1 amide bonds. The Morgan fingerprint density at radius 2 is 1.97 bits per heavy atom. The van der Waals surface area contributed by atoms with E-state index in [-0.39, 0.29) is 17.1 Å². The number of amides is 1. The zero-order valence-electron chi connectivity index (χ0n) is 17.7. The van der Waals surface area contributed by atoms with Gasteiger partial charge >= 0.3 is 6.61 Å². The standard InChI is InChI=1S/C23H25F2N3O4/c1-30-20-4-2-3-18(21(20)32-23(24)25)22(29)26-17-5-6-19-16(15-17)7-8-28(19)10-9-27-11-13-31-14-12-27/h2-8,15,23H,9-14H2,1H3,(H,26,29). The predicted molar refractivity (Wildman–Crippen MR) is 117 cm³/mol. The van der Waals surface area contributed by atoms with E-state index in [2.05, 4.69) is 19.5 Å². The number of methoxy groups -OCH3 is 1. The third-order valence-electron chi connectivity index (χ3n) is 5.44. The van der Waals surface area contributed by atoms with Crippen LogP contribution in [0.5, 0.6) is 11.5 Å². The molecule has 0 spiro atoms. The molecule has 2 heterocycles. The van der Waals surface area contributed by atoms with Crippen molar-refractivity contribution in [2.24, 2.45) is 0 Å². The van der Waals surface area contributed by atoms with E-state index in [4.69, 9.17) is 9.47 Å². The maximum Gasteiger partial charge on any atom is 0.387 e. The number of morpholine rings is 1. The smallest absolute Gasteiger partial charge is 0.387 e. The minimum absolute atomic E-state index is 0.0344. The molecule has 1 aliphatic rings. The first-order valence-corrected chi connectivity index (χ1v) is 10.4. The zero-order chi connectivity index (χ0) is 22.5. The summed E-state index contributed by atoms with van der Waals surface area (Å²) >= 11 is 0. The molecule has 0 saturated carbocycles. The minimum atomic E-state index is -3.08. The number of benzene rings is 2. The van der Waals surface area contributed by atoms with E-state index in [1.165, 1.54) is 19.2 Å². The Morgan fingerprint density at radius 1 is 1.16 bits per heavy atom. The Labute approximate surface area is 184 Å². The molecule has 1 aromatic heterocycles. The van der Waals surface area contributed by atoms with Crippen LogP contribution >= 0.6 is 0 Å². The van der Waals surface area contributed by atoms with Gasteiger partial charge in [-0.05, 0) is 36.4 Å². The van der Waals surface area contributed by atoms with Gasteiger partial charge in [-0.3, -0.25) is 9.69 Å². The lowest BCUT2D eigenvalue weighted by atomic mass is 10.1. The quantitative estimate of drug-likeness (QED) is 0.571. The number of halogens is 2. The summed E-state index contributed by atoms with van der Waals surface area (Å²) in [7, 11) is 1.33. The lowest BCUT2D eigenvalue weighted by Crippen LogP contribution is -2.38. The lowest BCUT2D eigenvalue weighted by molar-refractivity contribution is -0.0515. The van der Waals surface area contributed by atoms with Crippen LogP contribution in [-0.4, -0.2) is 61.9 Å². The third kappa shape index (κ3) is 5.00. The van der Waals surface area contributed by atoms with E-state index < -0.39 is 12.5 Å². The Kier molecular flexibility index (Phi) is 6.87. The fraction of sp³-hybridized carbons (Fsp3) is 0.348. The fourth-order valence-corrected chi connectivity index (χ4v) is 3.81. The average Bonchev–Trinajstić information content (AvgIpc) is 3.20. The topological polar surface area (TPSA) is 65.0 Å². The summed E-state index contributed by atoms with van der Waals surface area (Å²) in [4.78, 5) is 15.2. The maximum absolute atomic E-state index is 12.8. The van der Waals surface area contributed by atoms with Crippen molar-refractivity contribution in [1.29, 1.82) is 0 Å². The number of carbonyl (C=O) groups is 1. The number of hydrogen-bond acceptors (Lipinski definition) is 5. The van der Waals surface area contributed by atoms with Crippen LogP contribution in [-0.2, 0) is 11.3 Å². The van der Waals surface area contributed by atoms with Crippen molar-refractivity contribution in [1.82, 2.24) is 9.47 Å². The molecule has 1 N–H and O–H groups in total. The number of aromatic nitrogens is 1. The number of hydrogen-bond donors (Lipinski definition) is 1. The first-order chi connectivity index (χ1) is 15.5. The monoisotopic (exact) mass is 445 g/mol. The molecule has 0 atom stereocenters. The van der Waals surface area contributed by atoms with Crippen LogP contribution in [0.4, 0.5) is 14.5 Å². The van der Waals surface area contributed by atoms with Crippen molar-refractivity contribution in [2.75, 3.05) is 45.3 Å². The largest absolute Gasteiger partial charge is 0.493 e. The van der Waals surface area contributed by atoms with Crippen LogP contribution in [0.25, 0.3) is 10.9 Å². The molecule has 1 aliphatic heterocycles. The molecule has 0 unspecified atom stereocenters. The molecular formula is C23H25F2N3O4. The van der Waals surface area contributed by atoms with Crippen LogP contribution in [0.1, 0.15) is 10.4 Å². The third-order valence-corrected chi connectivity index (χ3v) is 5.44. The van der Waals surface area contributed by atoms with Crippen LogP contribution in [0.15, 0.2) is 48.7 Å². The second-order valence-electron chi connectivity index (χ2n) is 7.41. The number of rotatable bonds is 8. The molecule has 1 saturated heterocycles. The number of ether oxygens (including phenoxy) is 3.